The molecule has 1 unspecified atom stereocenters. The Kier molecular flexibility index (Phi) is 9.66. The highest BCUT2D eigenvalue weighted by Crippen LogP contribution is 2.42. The number of esters is 1. The summed E-state index contributed by atoms with van der Waals surface area (Å²) < 4.78 is 5.24. The third-order valence-electron chi connectivity index (χ3n) is 5.36. The second kappa shape index (κ2) is 11.2. The molecule has 0 aromatic rings. The zero-order chi connectivity index (χ0) is 21.3. The average Bonchev–Trinajstić information content (AvgIpc) is 2.58. The molecule has 158 valence electrons. The van der Waals surface area contributed by atoms with Crippen molar-refractivity contribution in [2.45, 2.75) is 85.8 Å². The second-order valence-corrected chi connectivity index (χ2v) is 8.60. The van der Waals surface area contributed by atoms with Gasteiger partial charge in [0.05, 0.1) is 6.04 Å². The molecule has 0 spiro atoms. The smallest absolute Gasteiger partial charge is 0.325 e. The summed E-state index contributed by atoms with van der Waals surface area (Å²) in [5, 5.41) is 2.44. The van der Waals surface area contributed by atoms with Gasteiger partial charge in [-0.2, -0.15) is 0 Å². The molecule has 0 heterocycles. The molecule has 0 aromatic carbocycles. The summed E-state index contributed by atoms with van der Waals surface area (Å²) >= 11 is 0. The Morgan fingerprint density at radius 2 is 2.00 bits per heavy atom. The number of carbonyl (C=O) groups is 2. The summed E-state index contributed by atoms with van der Waals surface area (Å²) in [7, 11) is 0. The fourth-order valence-electron chi connectivity index (χ4n) is 3.62. The topological polar surface area (TPSA) is 81.4 Å². The fraction of sp³-hybridized carbons (Fsp3) is 0.652. The quantitative estimate of drug-likeness (QED) is 0.351. The Bertz CT molecular complexity index is 642. The largest absolute Gasteiger partial charge is 0.457 e. The molecule has 1 rings (SSSR count). The summed E-state index contributed by atoms with van der Waals surface area (Å²) in [5.74, 6) is -0.848. The number of nitrogens with two attached hydrogens (primary N) is 1. The van der Waals surface area contributed by atoms with E-state index in [-0.39, 0.29) is 18.6 Å². The molecular weight excluding hydrogens is 352 g/mol. The first kappa shape index (κ1) is 24.2. The van der Waals surface area contributed by atoms with E-state index in [0.717, 1.165) is 12.8 Å². The minimum atomic E-state index is -0.642. The minimum absolute atomic E-state index is 0.169. The summed E-state index contributed by atoms with van der Waals surface area (Å²) in [6, 6.07) is -0.642. The number of carbonyl (C=O) groups excluding carboxylic acids is 2. The van der Waals surface area contributed by atoms with Crippen molar-refractivity contribution in [1.82, 2.24) is 5.32 Å². The molecule has 0 radical (unpaired) electrons. The normalized spacial score (nSPS) is 19.5. The highest BCUT2D eigenvalue weighted by atomic mass is 16.5. The van der Waals surface area contributed by atoms with E-state index in [9.17, 15) is 9.59 Å². The van der Waals surface area contributed by atoms with Crippen LogP contribution in [0.3, 0.4) is 0 Å². The molecule has 5 nitrogen and oxygen atoms in total. The van der Waals surface area contributed by atoms with Gasteiger partial charge in [-0.1, -0.05) is 42.7 Å². The van der Waals surface area contributed by atoms with Gasteiger partial charge in [0.2, 0.25) is 5.91 Å². The second-order valence-electron chi connectivity index (χ2n) is 8.60. The fourth-order valence-corrected chi connectivity index (χ4v) is 3.62. The number of rotatable bonds is 9. The van der Waals surface area contributed by atoms with Gasteiger partial charge in [0.25, 0.3) is 0 Å². The first-order chi connectivity index (χ1) is 13.0. The summed E-state index contributed by atoms with van der Waals surface area (Å²) in [6.07, 6.45) is 11.4. The van der Waals surface area contributed by atoms with Gasteiger partial charge in [-0.3, -0.25) is 9.59 Å². The maximum absolute atomic E-state index is 11.7. The van der Waals surface area contributed by atoms with Gasteiger partial charge in [0.1, 0.15) is 12.6 Å². The zero-order valence-corrected chi connectivity index (χ0v) is 18.4. The number of nitrogens with one attached hydrogen (secondary N) is 1. The predicted octanol–water partition coefficient (Wildman–Crippen LogP) is 4.19. The predicted molar refractivity (Wildman–Crippen MR) is 115 cm³/mol. The van der Waals surface area contributed by atoms with Crippen molar-refractivity contribution in [2.24, 2.45) is 11.1 Å². The van der Waals surface area contributed by atoms with Crippen LogP contribution < -0.4 is 11.1 Å². The molecule has 0 saturated heterocycles. The van der Waals surface area contributed by atoms with Gasteiger partial charge < -0.3 is 15.8 Å². The minimum Gasteiger partial charge on any atom is -0.457 e. The Hall–Kier alpha value is -1.88. The molecule has 2 atom stereocenters. The monoisotopic (exact) mass is 390 g/mol. The van der Waals surface area contributed by atoms with E-state index in [2.05, 4.69) is 39.1 Å². The molecule has 0 bridgehead atoms. The van der Waals surface area contributed by atoms with E-state index >= 15 is 0 Å². The van der Waals surface area contributed by atoms with Crippen LogP contribution in [0.4, 0.5) is 0 Å². The number of hydrogen-bond acceptors (Lipinski definition) is 4. The van der Waals surface area contributed by atoms with Gasteiger partial charge >= 0.3 is 5.97 Å². The molecule has 3 N–H and O–H groups in total. The molecule has 1 aliphatic carbocycles. The molecule has 1 aliphatic rings. The molecular formula is C23H38N2O3. The van der Waals surface area contributed by atoms with Crippen LogP contribution >= 0.6 is 0 Å². The maximum Gasteiger partial charge on any atom is 0.325 e. The summed E-state index contributed by atoms with van der Waals surface area (Å²) in [6.45, 7) is 12.3. The van der Waals surface area contributed by atoms with Crippen molar-refractivity contribution in [3.05, 3.63) is 34.9 Å². The van der Waals surface area contributed by atoms with Crippen LogP contribution in [0.1, 0.15) is 73.6 Å². The molecule has 5 heteroatoms. The standard InChI is InChI=1S/C23H38N2O3/c1-16(12-13-20-17(2)10-8-14-23(20,5)6)9-7-11-18(3)28-21(26)15-25-22(27)19(4)24/h7,9,11,18-19H,8,10,12-15,24H2,1-6H3,(H,25,27)/b11-7+,16-9+/t18?,19-/m0/s1. The van der Waals surface area contributed by atoms with Crippen LogP contribution in [0, 0.1) is 5.41 Å². The van der Waals surface area contributed by atoms with Gasteiger partial charge in [-0.15, -0.1) is 0 Å². The first-order valence-electron chi connectivity index (χ1n) is 10.3. The van der Waals surface area contributed by atoms with E-state index in [4.69, 9.17) is 10.5 Å². The van der Waals surface area contributed by atoms with Crippen molar-refractivity contribution in [3.63, 3.8) is 0 Å². The van der Waals surface area contributed by atoms with Gasteiger partial charge in [0.15, 0.2) is 0 Å². The first-order valence-corrected chi connectivity index (χ1v) is 10.3. The van der Waals surface area contributed by atoms with Crippen LogP contribution in [0.25, 0.3) is 0 Å². The van der Waals surface area contributed by atoms with Crippen LogP contribution in [0.2, 0.25) is 0 Å². The lowest BCUT2D eigenvalue weighted by atomic mass is 9.71. The molecule has 0 fully saturated rings. The summed E-state index contributed by atoms with van der Waals surface area (Å²) in [5.41, 5.74) is 10.2. The Morgan fingerprint density at radius 1 is 1.32 bits per heavy atom. The molecule has 1 amide bonds. The highest BCUT2D eigenvalue weighted by molar-refractivity contribution is 5.85. The number of allylic oxidation sites excluding steroid dienone is 5. The average molecular weight is 391 g/mol. The zero-order valence-electron chi connectivity index (χ0n) is 18.4. The third-order valence-corrected chi connectivity index (χ3v) is 5.36. The van der Waals surface area contributed by atoms with Gasteiger partial charge in [0, 0.05) is 0 Å². The van der Waals surface area contributed by atoms with Crippen molar-refractivity contribution in [1.29, 1.82) is 0 Å². The number of hydrogen-bond donors (Lipinski definition) is 2. The van der Waals surface area contributed by atoms with Crippen LogP contribution in [-0.4, -0.2) is 30.6 Å². The van der Waals surface area contributed by atoms with Crippen molar-refractivity contribution in [3.8, 4) is 0 Å². The molecule has 0 aromatic heterocycles. The Labute approximate surface area is 170 Å². The number of amides is 1. The van der Waals surface area contributed by atoms with Gasteiger partial charge in [-0.25, -0.2) is 0 Å². The molecule has 0 aliphatic heterocycles. The maximum atomic E-state index is 11.7. The van der Waals surface area contributed by atoms with E-state index in [0.29, 0.717) is 5.41 Å². The van der Waals surface area contributed by atoms with E-state index in [1.807, 2.05) is 12.2 Å². The van der Waals surface area contributed by atoms with Crippen molar-refractivity contribution >= 4 is 11.9 Å². The Balaban J connectivity index is 2.44. The lowest BCUT2D eigenvalue weighted by Gasteiger charge is -2.34. The lowest BCUT2D eigenvalue weighted by Crippen LogP contribution is -2.41. The molecule has 28 heavy (non-hydrogen) atoms. The van der Waals surface area contributed by atoms with Crippen LogP contribution in [0.5, 0.6) is 0 Å². The van der Waals surface area contributed by atoms with E-state index in [1.165, 1.54) is 24.8 Å². The van der Waals surface area contributed by atoms with E-state index in [1.54, 1.807) is 25.0 Å². The molecule has 0 saturated carbocycles. The van der Waals surface area contributed by atoms with Crippen LogP contribution in [-0.2, 0) is 14.3 Å². The third kappa shape index (κ3) is 8.42. The van der Waals surface area contributed by atoms with Crippen LogP contribution in [0.15, 0.2) is 34.9 Å². The van der Waals surface area contributed by atoms with E-state index < -0.39 is 12.0 Å². The van der Waals surface area contributed by atoms with Crippen molar-refractivity contribution < 1.29 is 14.3 Å². The summed E-state index contributed by atoms with van der Waals surface area (Å²) in [4.78, 5) is 23.1. The highest BCUT2D eigenvalue weighted by Gasteiger charge is 2.27. The lowest BCUT2D eigenvalue weighted by molar-refractivity contribution is -0.146. The van der Waals surface area contributed by atoms with Gasteiger partial charge in [-0.05, 0) is 71.3 Å². The Morgan fingerprint density at radius 3 is 2.61 bits per heavy atom. The SMILES string of the molecule is CC1=C(CC/C(C)=C/C=C/C(C)OC(=O)CNC(=O)[C@H](C)N)C(C)(C)CCC1. The van der Waals surface area contributed by atoms with Crippen molar-refractivity contribution in [2.75, 3.05) is 6.54 Å². The number of ether oxygens (including phenoxy) is 1.